The lowest BCUT2D eigenvalue weighted by Crippen LogP contribution is -2.37. The molecule has 6 atom stereocenters. The normalized spacial score (nSPS) is 62.4. The summed E-state index contributed by atoms with van der Waals surface area (Å²) in [4.78, 5) is 0. The zero-order valence-electron chi connectivity index (χ0n) is 10.2. The third-order valence-corrected chi connectivity index (χ3v) is 5.31. The molecule has 86 valence electrons. The van der Waals surface area contributed by atoms with Crippen molar-refractivity contribution in [2.75, 3.05) is 0 Å². The molecule has 1 saturated heterocycles. The van der Waals surface area contributed by atoms with Gasteiger partial charge in [0, 0.05) is 0 Å². The van der Waals surface area contributed by atoms with E-state index in [1.807, 2.05) is 0 Å². The van der Waals surface area contributed by atoms with E-state index in [1.165, 1.54) is 6.42 Å². The molecular formula is C13H22O2. The van der Waals surface area contributed by atoms with Gasteiger partial charge in [0.2, 0.25) is 0 Å². The number of fused-ring (bicyclic) bond motifs is 5. The average molecular weight is 210 g/mol. The van der Waals surface area contributed by atoms with Crippen LogP contribution in [0.15, 0.2) is 0 Å². The Morgan fingerprint density at radius 2 is 1.53 bits per heavy atom. The zero-order chi connectivity index (χ0) is 10.8. The van der Waals surface area contributed by atoms with Crippen LogP contribution in [0.4, 0.5) is 0 Å². The van der Waals surface area contributed by atoms with E-state index in [0.29, 0.717) is 12.2 Å². The number of hydrogen-bond donors (Lipinski definition) is 0. The lowest BCUT2D eigenvalue weighted by Gasteiger charge is -2.31. The van der Waals surface area contributed by atoms with Crippen LogP contribution in [-0.4, -0.2) is 18.0 Å². The standard InChI is InChI=1S/C13H22O2/c1-5-13(4)14-11-9-6-10(12(11)15-13)8(3)7(9)2/h7-12H,5-6H2,1-4H3. The molecule has 0 spiro atoms. The minimum atomic E-state index is -0.296. The molecule has 0 aromatic heterocycles. The predicted octanol–water partition coefficient (Wildman–Crippen LogP) is 2.82. The number of ether oxygens (including phenoxy) is 2. The van der Waals surface area contributed by atoms with Crippen LogP contribution in [0.25, 0.3) is 0 Å². The first-order valence-electron chi connectivity index (χ1n) is 6.41. The first-order chi connectivity index (χ1) is 7.06. The molecule has 0 aromatic carbocycles. The molecule has 3 rings (SSSR count). The van der Waals surface area contributed by atoms with Crippen LogP contribution in [0.1, 0.15) is 40.5 Å². The van der Waals surface area contributed by atoms with Crippen LogP contribution in [0.3, 0.4) is 0 Å². The Labute approximate surface area is 92.3 Å². The van der Waals surface area contributed by atoms with E-state index in [2.05, 4.69) is 27.7 Å². The Hall–Kier alpha value is -0.0800. The minimum Gasteiger partial charge on any atom is -0.344 e. The van der Waals surface area contributed by atoms with Crippen molar-refractivity contribution >= 4 is 0 Å². The van der Waals surface area contributed by atoms with Crippen molar-refractivity contribution in [1.82, 2.24) is 0 Å². The molecule has 3 aliphatic rings. The summed E-state index contributed by atoms with van der Waals surface area (Å²) >= 11 is 0. The Kier molecular flexibility index (Phi) is 2.01. The largest absolute Gasteiger partial charge is 0.344 e. The second-order valence-electron chi connectivity index (χ2n) is 5.93. The second kappa shape index (κ2) is 2.98. The number of hydrogen-bond acceptors (Lipinski definition) is 2. The Morgan fingerprint density at radius 3 is 1.93 bits per heavy atom. The fourth-order valence-electron chi connectivity index (χ4n) is 3.96. The smallest absolute Gasteiger partial charge is 0.166 e. The van der Waals surface area contributed by atoms with Gasteiger partial charge in [-0.2, -0.15) is 0 Å². The third-order valence-electron chi connectivity index (χ3n) is 5.31. The second-order valence-corrected chi connectivity index (χ2v) is 5.93. The zero-order valence-corrected chi connectivity index (χ0v) is 10.2. The van der Waals surface area contributed by atoms with Gasteiger partial charge in [0.05, 0.1) is 12.2 Å². The quantitative estimate of drug-likeness (QED) is 0.662. The molecule has 0 radical (unpaired) electrons. The van der Waals surface area contributed by atoms with Crippen molar-refractivity contribution in [3.8, 4) is 0 Å². The van der Waals surface area contributed by atoms with Gasteiger partial charge in [0.25, 0.3) is 0 Å². The number of rotatable bonds is 1. The molecule has 2 aliphatic carbocycles. The lowest BCUT2D eigenvalue weighted by atomic mass is 9.79. The highest BCUT2D eigenvalue weighted by atomic mass is 16.8. The van der Waals surface area contributed by atoms with Crippen molar-refractivity contribution in [3.05, 3.63) is 0 Å². The van der Waals surface area contributed by atoms with Crippen LogP contribution in [0, 0.1) is 23.7 Å². The molecule has 2 bridgehead atoms. The average Bonchev–Trinajstić information content (AvgIpc) is 2.78. The van der Waals surface area contributed by atoms with E-state index < -0.39 is 0 Å². The van der Waals surface area contributed by atoms with Gasteiger partial charge < -0.3 is 9.47 Å². The SMILES string of the molecule is CCC1(C)OC2C3CC(C(C)C3C)C2O1. The highest BCUT2D eigenvalue weighted by molar-refractivity contribution is 5.07. The van der Waals surface area contributed by atoms with Crippen LogP contribution in [0.5, 0.6) is 0 Å². The van der Waals surface area contributed by atoms with Gasteiger partial charge >= 0.3 is 0 Å². The van der Waals surface area contributed by atoms with Gasteiger partial charge in [-0.05, 0) is 43.4 Å². The maximum atomic E-state index is 6.15. The maximum Gasteiger partial charge on any atom is 0.166 e. The molecule has 15 heavy (non-hydrogen) atoms. The fourth-order valence-corrected chi connectivity index (χ4v) is 3.96. The van der Waals surface area contributed by atoms with Crippen molar-refractivity contribution in [2.24, 2.45) is 23.7 Å². The van der Waals surface area contributed by atoms with Gasteiger partial charge in [-0.15, -0.1) is 0 Å². The molecule has 0 aromatic rings. The Morgan fingerprint density at radius 1 is 1.07 bits per heavy atom. The van der Waals surface area contributed by atoms with Crippen molar-refractivity contribution in [3.63, 3.8) is 0 Å². The molecule has 2 saturated carbocycles. The molecule has 0 N–H and O–H groups in total. The highest BCUT2D eigenvalue weighted by Gasteiger charge is 2.62. The van der Waals surface area contributed by atoms with Crippen LogP contribution in [-0.2, 0) is 9.47 Å². The lowest BCUT2D eigenvalue weighted by molar-refractivity contribution is -0.173. The van der Waals surface area contributed by atoms with Gasteiger partial charge in [-0.25, -0.2) is 0 Å². The first kappa shape index (κ1) is 10.1. The summed E-state index contributed by atoms with van der Waals surface area (Å²) in [6, 6.07) is 0. The van der Waals surface area contributed by atoms with Crippen molar-refractivity contribution in [2.45, 2.75) is 58.5 Å². The summed E-state index contributed by atoms with van der Waals surface area (Å²) in [5, 5.41) is 0. The summed E-state index contributed by atoms with van der Waals surface area (Å²) in [6.07, 6.45) is 3.08. The van der Waals surface area contributed by atoms with Crippen LogP contribution < -0.4 is 0 Å². The third kappa shape index (κ3) is 1.18. The summed E-state index contributed by atoms with van der Waals surface area (Å²) in [5.74, 6) is 2.85. The Balaban J connectivity index is 1.85. The topological polar surface area (TPSA) is 18.5 Å². The van der Waals surface area contributed by atoms with E-state index in [9.17, 15) is 0 Å². The maximum absolute atomic E-state index is 6.15. The van der Waals surface area contributed by atoms with E-state index in [0.717, 1.165) is 30.1 Å². The molecule has 1 aliphatic heterocycles. The summed E-state index contributed by atoms with van der Waals surface area (Å²) in [6.45, 7) is 9.02. The minimum absolute atomic E-state index is 0.296. The van der Waals surface area contributed by atoms with Gasteiger partial charge in [0.1, 0.15) is 0 Å². The van der Waals surface area contributed by atoms with Gasteiger partial charge in [-0.1, -0.05) is 20.8 Å². The first-order valence-corrected chi connectivity index (χ1v) is 6.41. The molecule has 2 heteroatoms. The van der Waals surface area contributed by atoms with Crippen molar-refractivity contribution in [1.29, 1.82) is 0 Å². The molecule has 3 fully saturated rings. The van der Waals surface area contributed by atoms with Gasteiger partial charge in [0.15, 0.2) is 5.79 Å². The fraction of sp³-hybridized carbons (Fsp3) is 1.00. The predicted molar refractivity (Wildman–Crippen MR) is 58.4 cm³/mol. The monoisotopic (exact) mass is 210 g/mol. The van der Waals surface area contributed by atoms with E-state index in [4.69, 9.17) is 9.47 Å². The summed E-state index contributed by atoms with van der Waals surface area (Å²) in [7, 11) is 0. The van der Waals surface area contributed by atoms with Gasteiger partial charge in [-0.3, -0.25) is 0 Å². The summed E-state index contributed by atoms with van der Waals surface area (Å²) in [5.41, 5.74) is 0. The van der Waals surface area contributed by atoms with Crippen LogP contribution >= 0.6 is 0 Å². The Bertz CT molecular complexity index is 254. The van der Waals surface area contributed by atoms with Crippen LogP contribution in [0.2, 0.25) is 0 Å². The molecule has 2 nitrogen and oxygen atoms in total. The van der Waals surface area contributed by atoms with E-state index in [-0.39, 0.29) is 5.79 Å². The van der Waals surface area contributed by atoms with E-state index in [1.54, 1.807) is 0 Å². The summed E-state index contributed by atoms with van der Waals surface area (Å²) < 4.78 is 12.3. The molecule has 6 unspecified atom stereocenters. The molecule has 0 amide bonds. The molecular weight excluding hydrogens is 188 g/mol. The van der Waals surface area contributed by atoms with Crippen molar-refractivity contribution < 1.29 is 9.47 Å². The van der Waals surface area contributed by atoms with E-state index >= 15 is 0 Å². The molecule has 1 heterocycles. The highest BCUT2D eigenvalue weighted by Crippen LogP contribution is 2.58.